The first kappa shape index (κ1) is 11.8. The topological polar surface area (TPSA) is 21.3 Å². The van der Waals surface area contributed by atoms with Gasteiger partial charge >= 0.3 is 0 Å². The van der Waals surface area contributed by atoms with E-state index in [0.29, 0.717) is 5.75 Å². The van der Waals surface area contributed by atoms with Crippen molar-refractivity contribution >= 4 is 0 Å². The Morgan fingerprint density at radius 3 is 2.73 bits per heavy atom. The minimum Gasteiger partial charge on any atom is -0.496 e. The van der Waals surface area contributed by atoms with Crippen molar-refractivity contribution in [2.24, 2.45) is 0 Å². The number of hydrogen-bond acceptors (Lipinski definition) is 2. The van der Waals surface area contributed by atoms with E-state index in [0.717, 1.165) is 0 Å². The van der Waals surface area contributed by atoms with Gasteiger partial charge in [0.1, 0.15) is 11.6 Å². The second kappa shape index (κ2) is 5.60. The van der Waals surface area contributed by atoms with Crippen LogP contribution in [0.15, 0.2) is 18.2 Å². The fraction of sp³-hybridized carbons (Fsp3) is 0.400. The highest BCUT2D eigenvalue weighted by Crippen LogP contribution is 2.20. The molecule has 0 bridgehead atoms. The molecule has 0 spiro atoms. The highest BCUT2D eigenvalue weighted by Gasteiger charge is 2.09. The van der Waals surface area contributed by atoms with Gasteiger partial charge in [-0.3, -0.25) is 0 Å². The molecule has 0 atom stereocenters. The van der Waals surface area contributed by atoms with Crippen molar-refractivity contribution in [1.29, 1.82) is 0 Å². The molecule has 0 aliphatic heterocycles. The van der Waals surface area contributed by atoms with Crippen LogP contribution in [0.4, 0.5) is 13.2 Å². The third-order valence-electron chi connectivity index (χ3n) is 1.90. The predicted molar refractivity (Wildman–Crippen MR) is 50.7 cm³/mol. The number of methoxy groups -OCH3 is 1. The van der Waals surface area contributed by atoms with E-state index in [1.807, 2.05) is 0 Å². The molecular formula is C10H12F3NO. The van der Waals surface area contributed by atoms with Crippen LogP contribution in [0.3, 0.4) is 0 Å². The summed E-state index contributed by atoms with van der Waals surface area (Å²) in [5.74, 6) is -0.104. The summed E-state index contributed by atoms with van der Waals surface area (Å²) in [6, 6.07) is 4.36. The lowest BCUT2D eigenvalue weighted by molar-refractivity contribution is 0.145. The van der Waals surface area contributed by atoms with Crippen LogP contribution >= 0.6 is 0 Å². The molecule has 1 N–H and O–H groups in total. The van der Waals surface area contributed by atoms with Gasteiger partial charge in [0.05, 0.1) is 13.7 Å². The Labute approximate surface area is 86.1 Å². The number of rotatable bonds is 5. The summed E-state index contributed by atoms with van der Waals surface area (Å²) in [6.45, 7) is -0.433. The first-order valence-corrected chi connectivity index (χ1v) is 4.45. The minimum atomic E-state index is -2.44. The molecule has 0 aliphatic rings. The fourth-order valence-electron chi connectivity index (χ4n) is 1.21. The molecule has 0 aromatic heterocycles. The summed E-state index contributed by atoms with van der Waals surface area (Å²) in [6.07, 6.45) is -2.44. The molecular weight excluding hydrogens is 207 g/mol. The van der Waals surface area contributed by atoms with Crippen LogP contribution in [-0.4, -0.2) is 20.1 Å². The van der Waals surface area contributed by atoms with Crippen molar-refractivity contribution in [1.82, 2.24) is 5.32 Å². The smallest absolute Gasteiger partial charge is 0.250 e. The van der Waals surface area contributed by atoms with Gasteiger partial charge in [-0.1, -0.05) is 6.07 Å². The van der Waals surface area contributed by atoms with Crippen LogP contribution in [0.2, 0.25) is 0 Å². The van der Waals surface area contributed by atoms with E-state index < -0.39 is 18.8 Å². The third kappa shape index (κ3) is 3.43. The van der Waals surface area contributed by atoms with Crippen LogP contribution in [0, 0.1) is 5.82 Å². The summed E-state index contributed by atoms with van der Waals surface area (Å²) < 4.78 is 41.8. The second-order valence-electron chi connectivity index (χ2n) is 2.94. The Hall–Kier alpha value is -1.23. The maximum Gasteiger partial charge on any atom is 0.250 e. The minimum absolute atomic E-state index is 0.0280. The largest absolute Gasteiger partial charge is 0.496 e. The van der Waals surface area contributed by atoms with Gasteiger partial charge in [0, 0.05) is 12.1 Å². The molecule has 84 valence electrons. The molecule has 1 aromatic carbocycles. The lowest BCUT2D eigenvalue weighted by atomic mass is 10.2. The van der Waals surface area contributed by atoms with Crippen molar-refractivity contribution in [2.75, 3.05) is 13.7 Å². The molecule has 0 saturated heterocycles. The third-order valence-corrected chi connectivity index (χ3v) is 1.90. The van der Waals surface area contributed by atoms with E-state index in [1.165, 1.54) is 19.2 Å². The molecule has 1 aromatic rings. The van der Waals surface area contributed by atoms with Gasteiger partial charge in [-0.25, -0.2) is 13.2 Å². The van der Waals surface area contributed by atoms with Crippen LogP contribution in [0.25, 0.3) is 0 Å². The Kier molecular flexibility index (Phi) is 4.42. The molecule has 0 unspecified atom stereocenters. The average Bonchev–Trinajstić information content (AvgIpc) is 2.20. The molecule has 0 aliphatic carbocycles. The van der Waals surface area contributed by atoms with Crippen molar-refractivity contribution < 1.29 is 17.9 Å². The number of benzene rings is 1. The molecule has 15 heavy (non-hydrogen) atoms. The van der Waals surface area contributed by atoms with Gasteiger partial charge in [-0.15, -0.1) is 0 Å². The van der Waals surface area contributed by atoms with E-state index >= 15 is 0 Å². The summed E-state index contributed by atoms with van der Waals surface area (Å²) >= 11 is 0. The first-order valence-electron chi connectivity index (χ1n) is 4.45. The van der Waals surface area contributed by atoms with E-state index in [-0.39, 0.29) is 12.1 Å². The summed E-state index contributed by atoms with van der Waals surface area (Å²) in [5.41, 5.74) is 0.264. The summed E-state index contributed by atoms with van der Waals surface area (Å²) in [5, 5.41) is 2.45. The van der Waals surface area contributed by atoms with Gasteiger partial charge in [-0.2, -0.15) is 0 Å². The lowest BCUT2D eigenvalue weighted by Gasteiger charge is -2.10. The van der Waals surface area contributed by atoms with Crippen LogP contribution < -0.4 is 10.1 Å². The van der Waals surface area contributed by atoms with Crippen LogP contribution in [0.1, 0.15) is 5.56 Å². The Balaban J connectivity index is 2.66. The molecule has 0 saturated carbocycles. The molecule has 0 radical (unpaired) electrons. The number of ether oxygens (including phenoxy) is 1. The van der Waals surface area contributed by atoms with Crippen molar-refractivity contribution in [3.63, 3.8) is 0 Å². The van der Waals surface area contributed by atoms with Crippen LogP contribution in [0.5, 0.6) is 5.75 Å². The van der Waals surface area contributed by atoms with Crippen molar-refractivity contribution in [3.8, 4) is 5.75 Å². The molecule has 0 fully saturated rings. The summed E-state index contributed by atoms with van der Waals surface area (Å²) in [7, 11) is 1.41. The first-order chi connectivity index (χ1) is 7.15. The Morgan fingerprint density at radius 1 is 1.40 bits per heavy atom. The van der Waals surface area contributed by atoms with Gasteiger partial charge in [0.2, 0.25) is 0 Å². The SMILES string of the molecule is COc1cccc(F)c1CNCC(F)F. The predicted octanol–water partition coefficient (Wildman–Crippen LogP) is 2.19. The Bertz CT molecular complexity index is 318. The highest BCUT2D eigenvalue weighted by molar-refractivity contribution is 5.34. The fourth-order valence-corrected chi connectivity index (χ4v) is 1.21. The molecule has 5 heteroatoms. The zero-order chi connectivity index (χ0) is 11.3. The second-order valence-corrected chi connectivity index (χ2v) is 2.94. The molecule has 0 amide bonds. The maximum absolute atomic E-state index is 13.3. The Morgan fingerprint density at radius 2 is 2.13 bits per heavy atom. The number of halogens is 3. The number of alkyl halides is 2. The zero-order valence-corrected chi connectivity index (χ0v) is 8.27. The van der Waals surface area contributed by atoms with Crippen molar-refractivity contribution in [3.05, 3.63) is 29.6 Å². The highest BCUT2D eigenvalue weighted by atomic mass is 19.3. The van der Waals surface area contributed by atoms with E-state index in [2.05, 4.69) is 5.32 Å². The van der Waals surface area contributed by atoms with Gasteiger partial charge < -0.3 is 10.1 Å². The normalized spacial score (nSPS) is 10.7. The molecule has 0 heterocycles. The van der Waals surface area contributed by atoms with Gasteiger partial charge in [0.15, 0.2) is 0 Å². The number of nitrogens with one attached hydrogen (secondary N) is 1. The maximum atomic E-state index is 13.3. The van der Waals surface area contributed by atoms with Gasteiger partial charge in [0.25, 0.3) is 6.43 Å². The summed E-state index contributed by atoms with van der Waals surface area (Å²) in [4.78, 5) is 0. The monoisotopic (exact) mass is 219 g/mol. The van der Waals surface area contributed by atoms with E-state index in [4.69, 9.17) is 4.74 Å². The average molecular weight is 219 g/mol. The molecule has 1 rings (SSSR count). The lowest BCUT2D eigenvalue weighted by Crippen LogP contribution is -2.21. The number of hydrogen-bond donors (Lipinski definition) is 1. The van der Waals surface area contributed by atoms with E-state index in [9.17, 15) is 13.2 Å². The van der Waals surface area contributed by atoms with Gasteiger partial charge in [-0.05, 0) is 12.1 Å². The zero-order valence-electron chi connectivity index (χ0n) is 8.27. The molecule has 2 nitrogen and oxygen atoms in total. The quantitative estimate of drug-likeness (QED) is 0.819. The standard InChI is InChI=1S/C10H12F3NO/c1-15-9-4-2-3-8(11)7(9)5-14-6-10(12)13/h2-4,10,14H,5-6H2,1H3. The van der Waals surface area contributed by atoms with Crippen LogP contribution in [-0.2, 0) is 6.54 Å². The van der Waals surface area contributed by atoms with Crippen molar-refractivity contribution in [2.45, 2.75) is 13.0 Å². The van der Waals surface area contributed by atoms with E-state index in [1.54, 1.807) is 6.07 Å².